The van der Waals surface area contributed by atoms with Gasteiger partial charge in [0.15, 0.2) is 22.8 Å². The van der Waals surface area contributed by atoms with E-state index in [9.17, 15) is 14.7 Å². The van der Waals surface area contributed by atoms with E-state index in [0.717, 1.165) is 6.21 Å². The van der Waals surface area contributed by atoms with Crippen molar-refractivity contribution in [2.45, 2.75) is 82.6 Å². The number of allylic oxidation sites excluding steroid dienone is 4. The summed E-state index contributed by atoms with van der Waals surface area (Å²) < 4.78 is 29.6. The van der Waals surface area contributed by atoms with Gasteiger partial charge in [-0.2, -0.15) is 0 Å². The Hall–Kier alpha value is -1.90. The Bertz CT molecular complexity index is 989. The van der Waals surface area contributed by atoms with Gasteiger partial charge in [-0.1, -0.05) is 23.7 Å². The molecule has 4 aliphatic carbocycles. The monoisotopic (exact) mass is 447 g/mol. The van der Waals surface area contributed by atoms with E-state index in [2.05, 4.69) is 5.16 Å². The zero-order chi connectivity index (χ0) is 23.3. The first-order chi connectivity index (χ1) is 14.9. The Morgan fingerprint density at radius 3 is 2.69 bits per heavy atom. The number of fused-ring (bicyclic) bond motifs is 7. The highest BCUT2D eigenvalue weighted by atomic mass is 19.1. The number of ether oxygens (including phenoxy) is 2. The zero-order valence-corrected chi connectivity index (χ0v) is 18.8. The van der Waals surface area contributed by atoms with Crippen LogP contribution in [0.15, 0.2) is 29.0 Å². The third-order valence-corrected chi connectivity index (χ3v) is 9.17. The van der Waals surface area contributed by atoms with Crippen LogP contribution in [0, 0.1) is 22.7 Å². The minimum absolute atomic E-state index is 0.0176. The molecule has 5 aliphatic rings. The topological polar surface area (TPSA) is 105 Å². The number of nitrogens with zero attached hydrogens (tertiary/aromatic N) is 1. The van der Waals surface area contributed by atoms with E-state index < -0.39 is 51.8 Å². The predicted molar refractivity (Wildman–Crippen MR) is 112 cm³/mol. The standard InChI is InChI=1S/C24H30FNO6/c1-20(2)31-19-10-16-15-6-5-13-9-14(27)7-8-21(13,3)23(15,25)17(28)11-22(16,4)24(19,32-20)18(29)12-26-30/h7-9,12,15-17,19,28,30H,5-6,10-11H2,1-4H3/t15?,16?,17-,19+,21?,22?,23-,24+/m0/s1. The van der Waals surface area contributed by atoms with Gasteiger partial charge in [0, 0.05) is 16.7 Å². The van der Waals surface area contributed by atoms with Gasteiger partial charge in [-0.05, 0) is 64.5 Å². The molecule has 0 amide bonds. The molecular weight excluding hydrogens is 417 g/mol. The van der Waals surface area contributed by atoms with Crippen LogP contribution in [0.5, 0.6) is 0 Å². The fraction of sp³-hybridized carbons (Fsp3) is 0.708. The summed E-state index contributed by atoms with van der Waals surface area (Å²) in [6.45, 7) is 7.05. The largest absolute Gasteiger partial charge is 0.411 e. The summed E-state index contributed by atoms with van der Waals surface area (Å²) in [4.78, 5) is 25.3. The van der Waals surface area contributed by atoms with Gasteiger partial charge in [-0.25, -0.2) is 4.39 Å². The molecule has 0 aromatic carbocycles. The number of ketones is 2. The van der Waals surface area contributed by atoms with Crippen molar-refractivity contribution in [3.05, 3.63) is 23.8 Å². The third-order valence-electron chi connectivity index (χ3n) is 9.17. The fourth-order valence-corrected chi connectivity index (χ4v) is 7.89. The first-order valence-electron chi connectivity index (χ1n) is 11.3. The number of aliphatic hydroxyl groups excluding tert-OH is 1. The van der Waals surface area contributed by atoms with Crippen molar-refractivity contribution in [3.63, 3.8) is 0 Å². The van der Waals surface area contributed by atoms with E-state index in [4.69, 9.17) is 14.7 Å². The van der Waals surface area contributed by atoms with Crippen molar-refractivity contribution in [1.29, 1.82) is 0 Å². The molecule has 2 N–H and O–H groups in total. The summed E-state index contributed by atoms with van der Waals surface area (Å²) in [5, 5.41) is 23.4. The van der Waals surface area contributed by atoms with Gasteiger partial charge in [0.2, 0.25) is 5.78 Å². The second-order valence-electron chi connectivity index (χ2n) is 11.0. The first kappa shape index (κ1) is 21.9. The smallest absolute Gasteiger partial charge is 0.212 e. The van der Waals surface area contributed by atoms with E-state index in [1.807, 2.05) is 6.92 Å². The second kappa shape index (κ2) is 6.36. The van der Waals surface area contributed by atoms with Crippen molar-refractivity contribution >= 4 is 17.8 Å². The molecule has 1 heterocycles. The van der Waals surface area contributed by atoms with Crippen LogP contribution in [0.3, 0.4) is 0 Å². The number of halogens is 1. The number of Topliss-reactive ketones (excluding diaryl/α,β-unsaturated/α-hetero) is 1. The van der Waals surface area contributed by atoms with Crippen LogP contribution < -0.4 is 0 Å². The number of alkyl halides is 1. The number of carbonyl (C=O) groups excluding carboxylic acids is 2. The molecule has 0 bridgehead atoms. The van der Waals surface area contributed by atoms with Crippen molar-refractivity contribution in [1.82, 2.24) is 0 Å². The van der Waals surface area contributed by atoms with E-state index in [1.54, 1.807) is 26.8 Å². The lowest BCUT2D eigenvalue weighted by molar-refractivity contribution is -0.243. The number of oxime groups is 1. The molecule has 3 saturated carbocycles. The maximum Gasteiger partial charge on any atom is 0.212 e. The molecule has 7 nitrogen and oxygen atoms in total. The van der Waals surface area contributed by atoms with E-state index >= 15 is 4.39 Å². The van der Waals surface area contributed by atoms with Crippen molar-refractivity contribution < 1.29 is 33.8 Å². The number of rotatable bonds is 2. The Kier molecular flexibility index (Phi) is 4.36. The number of carbonyl (C=O) groups is 2. The highest BCUT2D eigenvalue weighted by molar-refractivity contribution is 6.31. The van der Waals surface area contributed by atoms with Gasteiger partial charge in [-0.3, -0.25) is 9.59 Å². The maximum atomic E-state index is 17.2. The van der Waals surface area contributed by atoms with Crippen LogP contribution in [0.4, 0.5) is 4.39 Å². The van der Waals surface area contributed by atoms with Gasteiger partial charge in [-0.15, -0.1) is 0 Å². The Morgan fingerprint density at radius 1 is 1.28 bits per heavy atom. The molecule has 4 unspecified atom stereocenters. The molecule has 4 fully saturated rings. The molecule has 0 aromatic rings. The normalized spacial score (nSPS) is 51.1. The third kappa shape index (κ3) is 2.33. The zero-order valence-electron chi connectivity index (χ0n) is 18.8. The molecule has 8 heteroatoms. The van der Waals surface area contributed by atoms with Crippen LogP contribution in [0.1, 0.15) is 53.4 Å². The Morgan fingerprint density at radius 2 is 2.00 bits per heavy atom. The molecule has 8 atom stereocenters. The Labute approximate surface area is 186 Å². The SMILES string of the molecule is CC1(C)O[C@@H]2CC3C4CCC5=CC(=O)C=CC5(C)[C@@]4(F)[C@@H](O)CC3(C)[C@]2(C(=O)C=NO)O1. The summed E-state index contributed by atoms with van der Waals surface area (Å²) >= 11 is 0. The number of hydrogen-bond donors (Lipinski definition) is 2. The minimum Gasteiger partial charge on any atom is -0.411 e. The summed E-state index contributed by atoms with van der Waals surface area (Å²) in [6.07, 6.45) is 4.64. The predicted octanol–water partition coefficient (Wildman–Crippen LogP) is 2.89. The highest BCUT2D eigenvalue weighted by Gasteiger charge is 2.80. The molecule has 0 spiro atoms. The minimum atomic E-state index is -2.00. The van der Waals surface area contributed by atoms with Crippen molar-refractivity contribution in [3.8, 4) is 0 Å². The molecule has 1 aliphatic heterocycles. The average Bonchev–Trinajstić information content (AvgIpc) is 3.10. The quantitative estimate of drug-likeness (QED) is 0.383. The molecule has 32 heavy (non-hydrogen) atoms. The van der Waals surface area contributed by atoms with Crippen LogP contribution in [-0.2, 0) is 19.1 Å². The maximum absolute atomic E-state index is 17.2. The average molecular weight is 448 g/mol. The Balaban J connectivity index is 1.64. The van der Waals surface area contributed by atoms with E-state index in [1.165, 1.54) is 12.2 Å². The lowest BCUT2D eigenvalue weighted by atomic mass is 9.44. The summed E-state index contributed by atoms with van der Waals surface area (Å²) in [6, 6.07) is 0. The molecule has 1 saturated heterocycles. The van der Waals surface area contributed by atoms with Crippen molar-refractivity contribution in [2.75, 3.05) is 0 Å². The molecular formula is C24H30FNO6. The molecule has 5 rings (SSSR count). The van der Waals surface area contributed by atoms with E-state index in [0.29, 0.717) is 24.8 Å². The van der Waals surface area contributed by atoms with Crippen LogP contribution in [0.25, 0.3) is 0 Å². The number of aliphatic hydroxyl groups is 1. The highest BCUT2D eigenvalue weighted by Crippen LogP contribution is 2.72. The lowest BCUT2D eigenvalue weighted by Crippen LogP contribution is -2.69. The first-order valence-corrected chi connectivity index (χ1v) is 11.3. The summed E-state index contributed by atoms with van der Waals surface area (Å²) in [7, 11) is 0. The lowest BCUT2D eigenvalue weighted by Gasteiger charge is -2.62. The fourth-order valence-electron chi connectivity index (χ4n) is 7.89. The second-order valence-corrected chi connectivity index (χ2v) is 11.0. The molecule has 174 valence electrons. The number of hydrogen-bond acceptors (Lipinski definition) is 7. The van der Waals surface area contributed by atoms with Gasteiger partial charge in [0.05, 0.1) is 12.2 Å². The molecule has 0 aromatic heterocycles. The van der Waals surface area contributed by atoms with Gasteiger partial charge in [0.25, 0.3) is 0 Å². The van der Waals surface area contributed by atoms with Gasteiger partial charge < -0.3 is 19.8 Å². The van der Waals surface area contributed by atoms with Crippen LogP contribution in [-0.4, -0.2) is 57.4 Å². The summed E-state index contributed by atoms with van der Waals surface area (Å²) in [5.74, 6) is -2.62. The van der Waals surface area contributed by atoms with Gasteiger partial charge in [0.1, 0.15) is 6.21 Å². The van der Waals surface area contributed by atoms with E-state index in [-0.39, 0.29) is 18.1 Å². The van der Waals surface area contributed by atoms with Crippen LogP contribution >= 0.6 is 0 Å². The van der Waals surface area contributed by atoms with Crippen molar-refractivity contribution in [2.24, 2.45) is 27.8 Å². The summed E-state index contributed by atoms with van der Waals surface area (Å²) in [5.41, 5.74) is -4.81. The van der Waals surface area contributed by atoms with Crippen LogP contribution in [0.2, 0.25) is 0 Å². The van der Waals surface area contributed by atoms with Gasteiger partial charge >= 0.3 is 0 Å². The molecule has 0 radical (unpaired) electrons.